The molecule has 8 nitrogen and oxygen atoms in total. The van der Waals surface area contributed by atoms with Gasteiger partial charge in [-0.1, -0.05) is 65.3 Å². The summed E-state index contributed by atoms with van der Waals surface area (Å²) in [7, 11) is -3.77. The Morgan fingerprint density at radius 1 is 1.15 bits per heavy atom. The van der Waals surface area contributed by atoms with Crippen molar-refractivity contribution in [3.63, 3.8) is 0 Å². The largest absolute Gasteiger partial charge is 0.355 e. The minimum absolute atomic E-state index is 0.0102. The van der Waals surface area contributed by atoms with E-state index in [1.807, 2.05) is 30.3 Å². The number of aromatic nitrogens is 3. The van der Waals surface area contributed by atoms with Gasteiger partial charge in [-0.05, 0) is 31.0 Å². The third-order valence-corrected chi connectivity index (χ3v) is 8.94. The fourth-order valence-corrected chi connectivity index (χ4v) is 6.53. The lowest BCUT2D eigenvalue weighted by molar-refractivity contribution is -0.125. The quantitative estimate of drug-likeness (QED) is 0.329. The summed E-state index contributed by atoms with van der Waals surface area (Å²) in [5.41, 5.74) is 0.959. The van der Waals surface area contributed by atoms with Crippen LogP contribution < -0.4 is 5.32 Å². The second-order valence-electron chi connectivity index (χ2n) is 7.73. The maximum absolute atomic E-state index is 12.9. The van der Waals surface area contributed by atoms with Gasteiger partial charge in [0.1, 0.15) is 4.90 Å². The Hall–Kier alpha value is -2.11. The van der Waals surface area contributed by atoms with Crippen molar-refractivity contribution < 1.29 is 13.2 Å². The number of hydrogen-bond acceptors (Lipinski definition) is 6. The second kappa shape index (κ2) is 11.1. The van der Waals surface area contributed by atoms with Crippen molar-refractivity contribution in [1.82, 2.24) is 24.8 Å². The van der Waals surface area contributed by atoms with Gasteiger partial charge in [-0.15, -0.1) is 5.10 Å². The number of carbonyl (C=O) groups is 1. The fraction of sp³-hybridized carbons (Fsp3) is 0.318. The van der Waals surface area contributed by atoms with Gasteiger partial charge < -0.3 is 5.32 Å². The van der Waals surface area contributed by atoms with E-state index in [1.165, 1.54) is 28.2 Å². The Kier molecular flexibility index (Phi) is 8.15. The average Bonchev–Trinajstić information content (AvgIpc) is 3.33. The lowest BCUT2D eigenvalue weighted by Crippen LogP contribution is -2.43. The molecule has 1 saturated heterocycles. The minimum atomic E-state index is -3.77. The third kappa shape index (κ3) is 5.92. The fourth-order valence-electron chi connectivity index (χ4n) is 3.67. The first-order chi connectivity index (χ1) is 16.3. The highest BCUT2D eigenvalue weighted by atomic mass is 35.5. The number of nitrogens with zero attached hydrogens (tertiary/aromatic N) is 3. The van der Waals surface area contributed by atoms with Gasteiger partial charge in [-0.2, -0.15) is 4.31 Å². The molecule has 4 rings (SSSR count). The number of benzene rings is 2. The van der Waals surface area contributed by atoms with E-state index in [0.29, 0.717) is 41.1 Å². The van der Waals surface area contributed by atoms with Gasteiger partial charge in [0.15, 0.2) is 5.82 Å². The predicted octanol–water partition coefficient (Wildman–Crippen LogP) is 4.09. The lowest BCUT2D eigenvalue weighted by atomic mass is 9.97. The summed E-state index contributed by atoms with van der Waals surface area (Å²) >= 11 is 13.5. The summed E-state index contributed by atoms with van der Waals surface area (Å²) < 4.78 is 27.2. The van der Waals surface area contributed by atoms with Crippen LogP contribution in [0.3, 0.4) is 0 Å². The molecule has 180 valence electrons. The normalized spacial score (nSPS) is 15.4. The van der Waals surface area contributed by atoms with Crippen LogP contribution in [0.2, 0.25) is 10.0 Å². The molecular weight excluding hydrogens is 517 g/mol. The van der Waals surface area contributed by atoms with E-state index >= 15 is 0 Å². The van der Waals surface area contributed by atoms with Gasteiger partial charge in [-0.25, -0.2) is 13.4 Å². The van der Waals surface area contributed by atoms with Crippen molar-refractivity contribution in [1.29, 1.82) is 0 Å². The van der Waals surface area contributed by atoms with E-state index in [4.69, 9.17) is 23.2 Å². The minimum Gasteiger partial charge on any atom is -0.355 e. The summed E-state index contributed by atoms with van der Waals surface area (Å²) in [5, 5.41) is 11.1. The molecule has 1 fully saturated rings. The molecule has 2 aromatic carbocycles. The molecule has 1 aromatic heterocycles. The Labute approximate surface area is 212 Å². The number of sulfonamides is 1. The number of piperidine rings is 1. The summed E-state index contributed by atoms with van der Waals surface area (Å²) in [5.74, 6) is 1.02. The Bertz CT molecular complexity index is 1250. The first-order valence-corrected chi connectivity index (χ1v) is 13.9. The van der Waals surface area contributed by atoms with Crippen LogP contribution in [-0.4, -0.2) is 59.2 Å². The van der Waals surface area contributed by atoms with Crippen molar-refractivity contribution in [2.24, 2.45) is 5.92 Å². The van der Waals surface area contributed by atoms with E-state index < -0.39 is 10.0 Å². The molecule has 0 spiro atoms. The molecule has 1 aliphatic heterocycles. The number of amides is 1. The number of H-pyrrole nitrogens is 1. The highest BCUT2D eigenvalue weighted by Gasteiger charge is 2.33. The monoisotopic (exact) mass is 539 g/mol. The lowest BCUT2D eigenvalue weighted by Gasteiger charge is -2.30. The average molecular weight is 540 g/mol. The van der Waals surface area contributed by atoms with Gasteiger partial charge in [0, 0.05) is 41.9 Å². The van der Waals surface area contributed by atoms with E-state index in [1.54, 1.807) is 6.07 Å². The molecule has 2 heterocycles. The Morgan fingerprint density at radius 2 is 1.88 bits per heavy atom. The zero-order valence-corrected chi connectivity index (χ0v) is 21.2. The molecule has 0 saturated carbocycles. The van der Waals surface area contributed by atoms with E-state index in [-0.39, 0.29) is 34.8 Å². The number of halogens is 2. The first kappa shape index (κ1) is 25.0. The van der Waals surface area contributed by atoms with Crippen LogP contribution in [0.15, 0.2) is 58.6 Å². The molecule has 0 bridgehead atoms. The summed E-state index contributed by atoms with van der Waals surface area (Å²) in [6.07, 6.45) is 0.884. The standard InChI is InChI=1S/C22H23Cl2N5O3S2/c23-17-6-7-18(24)19(14-17)34(31,32)29-11-8-16(9-12-29)21(30)25-10-13-33-22-26-20(27-28-22)15-4-2-1-3-5-15/h1-7,14,16H,8-13H2,(H,25,30)(H,26,27,28). The van der Waals surface area contributed by atoms with Gasteiger partial charge in [0.05, 0.1) is 5.02 Å². The predicted molar refractivity (Wildman–Crippen MR) is 133 cm³/mol. The molecule has 1 amide bonds. The maximum atomic E-state index is 12.9. The second-order valence-corrected chi connectivity index (χ2v) is 11.5. The highest BCUT2D eigenvalue weighted by Crippen LogP contribution is 2.30. The van der Waals surface area contributed by atoms with E-state index in [2.05, 4.69) is 20.5 Å². The highest BCUT2D eigenvalue weighted by molar-refractivity contribution is 7.99. The van der Waals surface area contributed by atoms with Gasteiger partial charge in [0.2, 0.25) is 21.1 Å². The molecule has 0 unspecified atom stereocenters. The Morgan fingerprint density at radius 3 is 2.62 bits per heavy atom. The Balaban J connectivity index is 1.22. The van der Waals surface area contributed by atoms with Crippen molar-refractivity contribution in [2.45, 2.75) is 22.9 Å². The van der Waals surface area contributed by atoms with Crippen molar-refractivity contribution in [2.75, 3.05) is 25.4 Å². The molecule has 12 heteroatoms. The number of hydrogen-bond donors (Lipinski definition) is 2. The molecule has 0 radical (unpaired) electrons. The molecule has 1 aliphatic rings. The molecule has 0 atom stereocenters. The van der Waals surface area contributed by atoms with Crippen LogP contribution >= 0.6 is 35.0 Å². The SMILES string of the molecule is O=C(NCCSc1n[nH]c(-c2ccccc2)n1)C1CCN(S(=O)(=O)c2cc(Cl)ccc2Cl)CC1. The molecular formula is C22H23Cl2N5O3S2. The van der Waals surface area contributed by atoms with Crippen molar-refractivity contribution >= 4 is 50.9 Å². The number of aromatic amines is 1. The van der Waals surface area contributed by atoms with Gasteiger partial charge in [-0.3, -0.25) is 9.89 Å². The smallest absolute Gasteiger partial charge is 0.244 e. The maximum Gasteiger partial charge on any atom is 0.244 e. The summed E-state index contributed by atoms with van der Waals surface area (Å²) in [6, 6.07) is 14.1. The van der Waals surface area contributed by atoms with Crippen LogP contribution in [0.1, 0.15) is 12.8 Å². The van der Waals surface area contributed by atoms with Crippen LogP contribution in [0.4, 0.5) is 0 Å². The molecule has 0 aliphatic carbocycles. The van der Waals surface area contributed by atoms with Crippen molar-refractivity contribution in [3.8, 4) is 11.4 Å². The molecule has 34 heavy (non-hydrogen) atoms. The zero-order chi connectivity index (χ0) is 24.1. The molecule has 3 aromatic rings. The third-order valence-electron chi connectivity index (χ3n) is 5.48. The van der Waals surface area contributed by atoms with Crippen molar-refractivity contribution in [3.05, 3.63) is 58.6 Å². The van der Waals surface area contributed by atoms with E-state index in [0.717, 1.165) is 5.56 Å². The van der Waals surface area contributed by atoms with E-state index in [9.17, 15) is 13.2 Å². The van der Waals surface area contributed by atoms with Crippen LogP contribution in [0, 0.1) is 5.92 Å². The number of rotatable bonds is 8. The number of thioether (sulfide) groups is 1. The number of carbonyl (C=O) groups excluding carboxylic acids is 1. The van der Waals surface area contributed by atoms with Crippen LogP contribution in [-0.2, 0) is 14.8 Å². The topological polar surface area (TPSA) is 108 Å². The zero-order valence-electron chi connectivity index (χ0n) is 18.1. The molecule has 2 N–H and O–H groups in total. The summed E-state index contributed by atoms with van der Waals surface area (Å²) in [4.78, 5) is 17.0. The van der Waals surface area contributed by atoms with Crippen LogP contribution in [0.5, 0.6) is 0 Å². The summed E-state index contributed by atoms with van der Waals surface area (Å²) in [6.45, 7) is 0.963. The first-order valence-electron chi connectivity index (χ1n) is 10.7. The van der Waals surface area contributed by atoms with Crippen LogP contribution in [0.25, 0.3) is 11.4 Å². The number of nitrogens with one attached hydrogen (secondary N) is 2. The van der Waals surface area contributed by atoms with Gasteiger partial charge >= 0.3 is 0 Å². The van der Waals surface area contributed by atoms with Gasteiger partial charge in [0.25, 0.3) is 0 Å².